The van der Waals surface area contributed by atoms with Crippen molar-refractivity contribution in [1.29, 1.82) is 0 Å². The topological polar surface area (TPSA) is 113 Å². The molecule has 0 spiro atoms. The summed E-state index contributed by atoms with van der Waals surface area (Å²) in [6.07, 6.45) is -0.0847. The summed E-state index contributed by atoms with van der Waals surface area (Å²) in [4.78, 5) is 24.6. The van der Waals surface area contributed by atoms with E-state index in [1.165, 1.54) is 36.7 Å². The molecule has 1 heterocycles. The first-order valence-electron chi connectivity index (χ1n) is 7.88. The predicted molar refractivity (Wildman–Crippen MR) is 92.1 cm³/mol. The molecule has 1 aromatic carbocycles. The van der Waals surface area contributed by atoms with E-state index in [2.05, 4.69) is 11.8 Å². The number of carbonyl (C=O) groups excluding carboxylic acids is 2. The first kappa shape index (κ1) is 19.8. The van der Waals surface area contributed by atoms with Crippen LogP contribution in [0.25, 0.3) is 0 Å². The van der Waals surface area contributed by atoms with Crippen LogP contribution in [0.4, 0.5) is 0 Å². The Hall–Kier alpha value is -2.57. The van der Waals surface area contributed by atoms with Crippen molar-refractivity contribution in [2.45, 2.75) is 36.5 Å². The fourth-order valence-electron chi connectivity index (χ4n) is 2.80. The lowest BCUT2D eigenvalue weighted by Gasteiger charge is -2.20. The minimum atomic E-state index is -3.76. The third-order valence-corrected chi connectivity index (χ3v) is 6.31. The summed E-state index contributed by atoms with van der Waals surface area (Å²) in [6.45, 7) is 3.03. The van der Waals surface area contributed by atoms with E-state index in [9.17, 15) is 18.0 Å². The summed E-state index contributed by atoms with van der Waals surface area (Å²) in [6, 6.07) is 4.87. The van der Waals surface area contributed by atoms with Crippen LogP contribution in [-0.4, -0.2) is 54.8 Å². The molecule has 1 aromatic rings. The van der Waals surface area contributed by atoms with E-state index in [4.69, 9.17) is 9.94 Å². The van der Waals surface area contributed by atoms with E-state index >= 15 is 0 Å². The fourth-order valence-corrected chi connectivity index (χ4v) is 4.50. The Bertz CT molecular complexity index is 838. The van der Waals surface area contributed by atoms with Crippen molar-refractivity contribution in [3.05, 3.63) is 24.3 Å². The molecule has 26 heavy (non-hydrogen) atoms. The Morgan fingerprint density at radius 3 is 2.54 bits per heavy atom. The van der Waals surface area contributed by atoms with Crippen molar-refractivity contribution in [3.8, 4) is 17.6 Å². The maximum absolute atomic E-state index is 12.8. The molecule has 140 valence electrons. The molecule has 0 saturated carbocycles. The molecule has 2 rings (SSSR count). The number of benzene rings is 1. The minimum Gasteiger partial charge on any atom is -0.481 e. The Labute approximate surface area is 152 Å². The highest BCUT2D eigenvalue weighted by Crippen LogP contribution is 2.29. The second kappa shape index (κ2) is 8.21. The molecule has 1 saturated heterocycles. The van der Waals surface area contributed by atoms with Gasteiger partial charge in [-0.3, -0.25) is 14.8 Å². The van der Waals surface area contributed by atoms with Gasteiger partial charge in [-0.15, -0.1) is 5.92 Å². The lowest BCUT2D eigenvalue weighted by molar-refractivity contribution is -0.141. The number of hydroxylamine groups is 1. The number of nitrogens with one attached hydrogen (secondary N) is 1. The average Bonchev–Trinajstić information content (AvgIpc) is 3.08. The molecule has 0 unspecified atom stereocenters. The Morgan fingerprint density at radius 2 is 2.00 bits per heavy atom. The third-order valence-electron chi connectivity index (χ3n) is 4.16. The van der Waals surface area contributed by atoms with Gasteiger partial charge in [0.05, 0.1) is 10.1 Å². The maximum atomic E-state index is 12.8. The molecule has 0 radical (unpaired) electrons. The predicted octanol–water partition coefficient (Wildman–Crippen LogP) is 0.357. The van der Waals surface area contributed by atoms with Crippen molar-refractivity contribution < 1.29 is 28.0 Å². The number of nitrogens with zero attached hydrogens (tertiary/aromatic N) is 1. The summed E-state index contributed by atoms with van der Waals surface area (Å²) in [5.74, 6) is 4.67. The highest BCUT2D eigenvalue weighted by atomic mass is 32.2. The van der Waals surface area contributed by atoms with Crippen molar-refractivity contribution in [1.82, 2.24) is 10.4 Å². The summed E-state index contributed by atoms with van der Waals surface area (Å²) in [5, 5.41) is 7.87. The van der Waals surface area contributed by atoms with Crippen molar-refractivity contribution in [3.63, 3.8) is 0 Å². The SMILES string of the molecule is CC#CCOc1ccc(S(=O)(=O)[C@H]2C[C@@H](C(=O)NO)N(C(C)=O)C2)cc1. The van der Waals surface area contributed by atoms with Crippen molar-refractivity contribution >= 4 is 21.7 Å². The molecule has 0 bridgehead atoms. The maximum Gasteiger partial charge on any atom is 0.266 e. The second-order valence-electron chi connectivity index (χ2n) is 5.75. The molecule has 1 fully saturated rings. The van der Waals surface area contributed by atoms with Crippen LogP contribution in [0.2, 0.25) is 0 Å². The van der Waals surface area contributed by atoms with Gasteiger partial charge in [-0.05, 0) is 37.6 Å². The Kier molecular flexibility index (Phi) is 6.23. The number of hydrogen-bond donors (Lipinski definition) is 2. The van der Waals surface area contributed by atoms with E-state index in [1.807, 2.05) is 0 Å². The van der Waals surface area contributed by atoms with Gasteiger partial charge in [-0.25, -0.2) is 13.9 Å². The zero-order valence-corrected chi connectivity index (χ0v) is 15.2. The Balaban J connectivity index is 2.20. The lowest BCUT2D eigenvalue weighted by atomic mass is 10.2. The fraction of sp³-hybridized carbons (Fsp3) is 0.412. The molecular formula is C17H20N2O6S. The van der Waals surface area contributed by atoms with Gasteiger partial charge in [0, 0.05) is 13.5 Å². The highest BCUT2D eigenvalue weighted by molar-refractivity contribution is 7.92. The van der Waals surface area contributed by atoms with Gasteiger partial charge in [0.2, 0.25) is 5.91 Å². The molecule has 8 nitrogen and oxygen atoms in total. The van der Waals surface area contributed by atoms with E-state index in [1.54, 1.807) is 6.92 Å². The van der Waals surface area contributed by atoms with Gasteiger partial charge in [-0.2, -0.15) is 0 Å². The van der Waals surface area contributed by atoms with Crippen LogP contribution in [-0.2, 0) is 19.4 Å². The highest BCUT2D eigenvalue weighted by Gasteiger charge is 2.44. The van der Waals surface area contributed by atoms with Crippen molar-refractivity contribution in [2.24, 2.45) is 0 Å². The molecule has 2 N–H and O–H groups in total. The van der Waals surface area contributed by atoms with E-state index in [0.717, 1.165) is 4.90 Å². The summed E-state index contributed by atoms with van der Waals surface area (Å²) < 4.78 is 31.0. The van der Waals surface area contributed by atoms with Gasteiger partial charge in [0.25, 0.3) is 5.91 Å². The van der Waals surface area contributed by atoms with Crippen LogP contribution in [0.15, 0.2) is 29.2 Å². The molecule has 1 aliphatic heterocycles. The molecule has 1 aliphatic rings. The van der Waals surface area contributed by atoms with Crippen LogP contribution in [0.3, 0.4) is 0 Å². The lowest BCUT2D eigenvalue weighted by Crippen LogP contribution is -2.44. The third kappa shape index (κ3) is 4.15. The molecule has 0 aliphatic carbocycles. The van der Waals surface area contributed by atoms with Crippen LogP contribution < -0.4 is 10.2 Å². The zero-order chi connectivity index (χ0) is 19.3. The van der Waals surface area contributed by atoms with Gasteiger partial charge < -0.3 is 9.64 Å². The Morgan fingerprint density at radius 1 is 1.35 bits per heavy atom. The molecule has 9 heteroatoms. The molecule has 2 atom stereocenters. The van der Waals surface area contributed by atoms with Crippen LogP contribution in [0.5, 0.6) is 5.75 Å². The largest absolute Gasteiger partial charge is 0.481 e. The first-order chi connectivity index (χ1) is 12.3. The summed E-state index contributed by atoms with van der Waals surface area (Å²) in [7, 11) is -3.76. The molecule has 2 amide bonds. The first-order valence-corrected chi connectivity index (χ1v) is 9.43. The van der Waals surface area contributed by atoms with Crippen LogP contribution in [0.1, 0.15) is 20.3 Å². The number of carbonyl (C=O) groups is 2. The quantitative estimate of drug-likeness (QED) is 0.433. The average molecular weight is 380 g/mol. The summed E-state index contributed by atoms with van der Waals surface area (Å²) in [5.41, 5.74) is 1.48. The van der Waals surface area contributed by atoms with Gasteiger partial charge in [0.1, 0.15) is 18.4 Å². The normalized spacial score (nSPS) is 19.4. The minimum absolute atomic E-state index is 0.0741. The number of rotatable bonds is 5. The number of sulfone groups is 1. The van der Waals surface area contributed by atoms with Gasteiger partial charge in [-0.1, -0.05) is 5.92 Å². The van der Waals surface area contributed by atoms with Crippen LogP contribution >= 0.6 is 0 Å². The zero-order valence-electron chi connectivity index (χ0n) is 14.4. The number of amides is 2. The van der Waals surface area contributed by atoms with Gasteiger partial charge in [0.15, 0.2) is 9.84 Å². The number of ether oxygens (including phenoxy) is 1. The smallest absolute Gasteiger partial charge is 0.266 e. The number of likely N-dealkylation sites (tertiary alicyclic amines) is 1. The van der Waals surface area contributed by atoms with Crippen molar-refractivity contribution in [2.75, 3.05) is 13.2 Å². The van der Waals surface area contributed by atoms with E-state index in [-0.39, 0.29) is 24.5 Å². The van der Waals surface area contributed by atoms with Crippen LogP contribution in [0, 0.1) is 11.8 Å². The second-order valence-corrected chi connectivity index (χ2v) is 7.98. The number of hydrogen-bond acceptors (Lipinski definition) is 6. The summed E-state index contributed by atoms with van der Waals surface area (Å²) >= 11 is 0. The molecule has 0 aromatic heterocycles. The van der Waals surface area contributed by atoms with Gasteiger partial charge >= 0.3 is 0 Å². The van der Waals surface area contributed by atoms with E-state index < -0.39 is 32.9 Å². The standard InChI is InChI=1S/C17H20N2O6S/c1-3-4-9-25-13-5-7-14(8-6-13)26(23,24)15-10-16(17(21)18-22)19(11-15)12(2)20/h5-8,15-16,22H,9-11H2,1-2H3,(H,18,21)/t15-,16-/m0/s1. The van der Waals surface area contributed by atoms with E-state index in [0.29, 0.717) is 5.75 Å². The monoisotopic (exact) mass is 380 g/mol. The molecular weight excluding hydrogens is 360 g/mol.